The van der Waals surface area contributed by atoms with Gasteiger partial charge < -0.3 is 5.32 Å². The van der Waals surface area contributed by atoms with Crippen LogP contribution in [-0.2, 0) is 44.6 Å². The van der Waals surface area contributed by atoms with E-state index in [0.29, 0.717) is 35.5 Å². The Morgan fingerprint density at radius 1 is 1.05 bits per heavy atom. The lowest BCUT2D eigenvalue weighted by atomic mass is 10.1. The number of imidazole rings is 1. The van der Waals surface area contributed by atoms with E-state index in [9.17, 15) is 22.8 Å². The maximum atomic E-state index is 13.9. The van der Waals surface area contributed by atoms with Gasteiger partial charge in [0.25, 0.3) is 11.5 Å². The maximum Gasteiger partial charge on any atom is 0.294 e. The highest BCUT2D eigenvalue weighted by molar-refractivity contribution is 7.91. The van der Waals surface area contributed by atoms with Crippen molar-refractivity contribution in [2.24, 2.45) is 4.99 Å². The van der Waals surface area contributed by atoms with E-state index in [1.807, 2.05) is 27.7 Å². The van der Waals surface area contributed by atoms with Crippen molar-refractivity contribution in [1.29, 1.82) is 0 Å². The Labute approximate surface area is 234 Å². The Bertz CT molecular complexity index is 1570. The zero-order valence-electron chi connectivity index (χ0n) is 23.5. The first-order valence-electron chi connectivity index (χ1n) is 12.9. The van der Waals surface area contributed by atoms with Gasteiger partial charge in [-0.3, -0.25) is 19.1 Å². The minimum atomic E-state index is -3.94. The molecule has 0 aliphatic rings. The maximum absolute atomic E-state index is 13.9. The van der Waals surface area contributed by atoms with Crippen molar-refractivity contribution < 1.29 is 18.0 Å². The number of aryl methyl sites for hydroxylation is 2. The largest absolute Gasteiger partial charge is 0.351 e. The number of nitrogens with one attached hydrogen (secondary N) is 2. The fraction of sp³-hybridized carbons (Fsp3) is 0.393. The Hall–Kier alpha value is -4.06. The highest BCUT2D eigenvalue weighted by atomic mass is 32.2. The van der Waals surface area contributed by atoms with Gasteiger partial charge in [0.2, 0.25) is 15.9 Å². The number of carbonyl (C=O) groups is 2. The zero-order valence-corrected chi connectivity index (χ0v) is 24.3. The van der Waals surface area contributed by atoms with E-state index < -0.39 is 27.0 Å². The number of hydrogen-bond acceptors (Lipinski definition) is 6. The van der Waals surface area contributed by atoms with Gasteiger partial charge in [-0.2, -0.15) is 0 Å². The summed E-state index contributed by atoms with van der Waals surface area (Å²) in [6, 6.07) is 11.7. The fourth-order valence-electron chi connectivity index (χ4n) is 4.28. The van der Waals surface area contributed by atoms with Gasteiger partial charge in [-0.1, -0.05) is 43.7 Å². The molecule has 2 amide bonds. The van der Waals surface area contributed by atoms with Crippen LogP contribution in [0.4, 0.5) is 5.69 Å². The van der Waals surface area contributed by atoms with Crippen LogP contribution in [-0.4, -0.2) is 46.8 Å². The molecule has 0 saturated carbocycles. The molecular formula is C28H36N6O5S. The van der Waals surface area contributed by atoms with Gasteiger partial charge in [0.15, 0.2) is 0 Å². The summed E-state index contributed by atoms with van der Waals surface area (Å²) >= 11 is 0. The second-order valence-electron chi connectivity index (χ2n) is 10.5. The first-order chi connectivity index (χ1) is 18.7. The number of sulfonamides is 1. The molecule has 0 unspecified atom stereocenters. The molecule has 0 aliphatic carbocycles. The lowest BCUT2D eigenvalue weighted by Gasteiger charge is -2.22. The molecular weight excluding hydrogens is 532 g/mol. The fourth-order valence-corrected chi connectivity index (χ4v) is 5.47. The number of anilines is 1. The highest BCUT2D eigenvalue weighted by Crippen LogP contribution is 2.18. The molecule has 3 aromatic rings. The number of amides is 2. The zero-order chi connectivity index (χ0) is 29.7. The summed E-state index contributed by atoms with van der Waals surface area (Å²) < 4.78 is 31.1. The van der Waals surface area contributed by atoms with Crippen molar-refractivity contribution in [3.05, 3.63) is 81.3 Å². The van der Waals surface area contributed by atoms with Crippen LogP contribution in [0.1, 0.15) is 62.6 Å². The highest BCUT2D eigenvalue weighted by Gasteiger charge is 2.25. The molecule has 0 atom stereocenters. The normalized spacial score (nSPS) is 11.7. The van der Waals surface area contributed by atoms with Crippen LogP contribution >= 0.6 is 0 Å². The van der Waals surface area contributed by atoms with E-state index >= 15 is 0 Å². The van der Waals surface area contributed by atoms with Crippen LogP contribution in [0, 0.1) is 6.92 Å². The summed E-state index contributed by atoms with van der Waals surface area (Å²) in [5.74, 6) is -0.977. The van der Waals surface area contributed by atoms with E-state index in [0.717, 1.165) is 0 Å². The first-order valence-corrected chi connectivity index (χ1v) is 14.6. The molecule has 0 radical (unpaired) electrons. The van der Waals surface area contributed by atoms with Crippen molar-refractivity contribution in [1.82, 2.24) is 19.7 Å². The lowest BCUT2D eigenvalue weighted by Crippen LogP contribution is -2.42. The van der Waals surface area contributed by atoms with Gasteiger partial charge in [-0.05, 0) is 58.5 Å². The average molecular weight is 569 g/mol. The van der Waals surface area contributed by atoms with Crippen LogP contribution < -0.4 is 15.6 Å². The second kappa shape index (κ2) is 12.4. The van der Waals surface area contributed by atoms with Crippen molar-refractivity contribution in [2.75, 3.05) is 4.72 Å². The Morgan fingerprint density at radius 2 is 1.73 bits per heavy atom. The molecule has 0 saturated heterocycles. The van der Waals surface area contributed by atoms with Crippen LogP contribution in [0.2, 0.25) is 0 Å². The van der Waals surface area contributed by atoms with Gasteiger partial charge in [0.05, 0.1) is 30.0 Å². The minimum Gasteiger partial charge on any atom is -0.351 e. The molecule has 0 bridgehead atoms. The summed E-state index contributed by atoms with van der Waals surface area (Å²) in [4.78, 5) is 47.2. The van der Waals surface area contributed by atoms with Gasteiger partial charge in [-0.15, -0.1) is 0 Å². The third-order valence-corrected chi connectivity index (χ3v) is 7.10. The van der Waals surface area contributed by atoms with Crippen LogP contribution in [0.25, 0.3) is 0 Å². The molecule has 3 rings (SSSR count). The lowest BCUT2D eigenvalue weighted by molar-refractivity contribution is -0.122. The van der Waals surface area contributed by atoms with Crippen molar-refractivity contribution in [3.63, 3.8) is 0 Å². The Balaban J connectivity index is 2.19. The quantitative estimate of drug-likeness (QED) is 0.340. The standard InChI is InChI=1S/C28H36N6O5S/c1-7-11-21-14-15-22(32-40(38,39)18-20-12-9-8-10-13-20)27(37)33(21)34-23(16-25(35)29-6)19(2)30-24(34)17-26(36)31-28(3,4)5/h8-10,12-15,32H,6-7,11,16-18H2,1-5H3,(H,31,36). The van der Waals surface area contributed by atoms with E-state index in [-0.39, 0.29) is 36.0 Å². The predicted octanol–water partition coefficient (Wildman–Crippen LogP) is 2.79. The first kappa shape index (κ1) is 30.5. The smallest absolute Gasteiger partial charge is 0.294 e. The molecule has 2 aromatic heterocycles. The topological polar surface area (TPSA) is 145 Å². The summed E-state index contributed by atoms with van der Waals surface area (Å²) in [7, 11) is -3.94. The average Bonchev–Trinajstić information content (AvgIpc) is 3.13. The van der Waals surface area contributed by atoms with Crippen LogP contribution in [0.15, 0.2) is 52.3 Å². The number of benzene rings is 1. The Morgan fingerprint density at radius 3 is 2.33 bits per heavy atom. The van der Waals surface area contributed by atoms with Gasteiger partial charge in [0.1, 0.15) is 11.5 Å². The Kier molecular flexibility index (Phi) is 9.46. The van der Waals surface area contributed by atoms with E-state index in [2.05, 4.69) is 26.7 Å². The van der Waals surface area contributed by atoms with Crippen LogP contribution in [0.5, 0.6) is 0 Å². The predicted molar refractivity (Wildman–Crippen MR) is 155 cm³/mol. The molecule has 12 heteroatoms. The molecule has 214 valence electrons. The second-order valence-corrected chi connectivity index (χ2v) is 12.2. The number of pyridine rings is 1. The minimum absolute atomic E-state index is 0.175. The van der Waals surface area contributed by atoms with Crippen molar-refractivity contribution >= 4 is 34.2 Å². The van der Waals surface area contributed by atoms with E-state index in [1.165, 1.54) is 15.4 Å². The van der Waals surface area contributed by atoms with Crippen molar-refractivity contribution in [3.8, 4) is 0 Å². The third kappa shape index (κ3) is 7.75. The van der Waals surface area contributed by atoms with E-state index in [4.69, 9.17) is 0 Å². The molecule has 40 heavy (non-hydrogen) atoms. The number of aliphatic imine (C=N–C) groups is 1. The van der Waals surface area contributed by atoms with Crippen LogP contribution in [0.3, 0.4) is 0 Å². The number of aromatic nitrogens is 3. The number of rotatable bonds is 11. The number of nitrogens with zero attached hydrogens (tertiary/aromatic N) is 4. The number of carbonyl (C=O) groups excluding carboxylic acids is 2. The summed E-state index contributed by atoms with van der Waals surface area (Å²) in [5, 5.41) is 2.88. The molecule has 0 fully saturated rings. The monoisotopic (exact) mass is 568 g/mol. The van der Waals surface area contributed by atoms with Crippen molar-refractivity contribution in [2.45, 2.75) is 71.6 Å². The SMILES string of the molecule is C=NC(=O)Cc1c(C)nc(CC(=O)NC(C)(C)C)n1-n1c(CCC)ccc(NS(=O)(=O)Cc2ccccc2)c1=O. The third-order valence-electron chi connectivity index (χ3n) is 5.85. The molecule has 0 aliphatic heterocycles. The molecule has 11 nitrogen and oxygen atoms in total. The molecule has 0 spiro atoms. The summed E-state index contributed by atoms with van der Waals surface area (Å²) in [5.41, 5.74) is 0.543. The molecule has 2 heterocycles. The summed E-state index contributed by atoms with van der Waals surface area (Å²) in [6.45, 7) is 12.4. The number of hydrogen-bond donors (Lipinski definition) is 2. The molecule has 2 N–H and O–H groups in total. The van der Waals surface area contributed by atoms with Gasteiger partial charge >= 0.3 is 0 Å². The van der Waals surface area contributed by atoms with E-state index in [1.54, 1.807) is 43.3 Å². The van der Waals surface area contributed by atoms with Gasteiger partial charge in [-0.25, -0.2) is 27.7 Å². The molecule has 1 aromatic carbocycles. The van der Waals surface area contributed by atoms with Gasteiger partial charge in [0, 0.05) is 11.2 Å². The summed E-state index contributed by atoms with van der Waals surface area (Å²) in [6.07, 6.45) is 0.736.